The summed E-state index contributed by atoms with van der Waals surface area (Å²) in [5.41, 5.74) is 1.20. The van der Waals surface area contributed by atoms with E-state index < -0.39 is 12.0 Å². The summed E-state index contributed by atoms with van der Waals surface area (Å²) in [6.45, 7) is 3.66. The Kier molecular flexibility index (Phi) is 5.79. The summed E-state index contributed by atoms with van der Waals surface area (Å²) in [6.07, 6.45) is 0.766. The molecule has 0 bridgehead atoms. The van der Waals surface area contributed by atoms with Gasteiger partial charge in [-0.1, -0.05) is 68.2 Å². The molecule has 114 valence electrons. The van der Waals surface area contributed by atoms with E-state index in [1.165, 1.54) is 5.56 Å². The Balaban J connectivity index is 2.11. The van der Waals surface area contributed by atoms with Gasteiger partial charge in [-0.15, -0.1) is 0 Å². The van der Waals surface area contributed by atoms with Crippen LogP contribution in [0, 0.1) is 5.92 Å². The van der Waals surface area contributed by atoms with E-state index in [0.29, 0.717) is 10.7 Å². The van der Waals surface area contributed by atoms with Gasteiger partial charge in [0.15, 0.2) is 0 Å². The van der Waals surface area contributed by atoms with E-state index in [9.17, 15) is 9.90 Å². The van der Waals surface area contributed by atoms with E-state index in [1.807, 2.05) is 25.1 Å². The van der Waals surface area contributed by atoms with Gasteiger partial charge < -0.3 is 5.11 Å². The van der Waals surface area contributed by atoms with E-state index in [4.69, 9.17) is 12.2 Å². The summed E-state index contributed by atoms with van der Waals surface area (Å²) in [4.78, 5) is 14.3. The minimum absolute atomic E-state index is 0.0553. The molecular formula is C16H21NO2S2. The number of hydrogen-bond donors (Lipinski definition) is 1. The molecule has 0 radical (unpaired) electrons. The second-order valence-corrected chi connectivity index (χ2v) is 7.05. The summed E-state index contributed by atoms with van der Waals surface area (Å²) in [5, 5.41) is 9.92. The Morgan fingerprint density at radius 3 is 2.76 bits per heavy atom. The van der Waals surface area contributed by atoms with Crippen LogP contribution in [0.15, 0.2) is 30.3 Å². The van der Waals surface area contributed by atoms with Gasteiger partial charge in [-0.2, -0.15) is 0 Å². The van der Waals surface area contributed by atoms with E-state index in [1.54, 1.807) is 23.6 Å². The summed E-state index contributed by atoms with van der Waals surface area (Å²) in [6, 6.07) is 10.2. The van der Waals surface area contributed by atoms with Crippen molar-refractivity contribution in [1.82, 2.24) is 4.90 Å². The molecule has 1 amide bonds. The van der Waals surface area contributed by atoms with Crippen LogP contribution in [-0.2, 0) is 11.2 Å². The SMILES string of the molecule is CCC(O)C(C)C(=O)N1C(=S)SC[C@@H]1Cc1ccccc1. The number of aliphatic hydroxyl groups excluding tert-OH is 1. The van der Waals surface area contributed by atoms with E-state index in [2.05, 4.69) is 12.1 Å². The van der Waals surface area contributed by atoms with Gasteiger partial charge in [-0.3, -0.25) is 9.69 Å². The molecule has 5 heteroatoms. The number of rotatable bonds is 5. The Morgan fingerprint density at radius 2 is 2.14 bits per heavy atom. The maximum Gasteiger partial charge on any atom is 0.233 e. The zero-order valence-electron chi connectivity index (χ0n) is 12.4. The molecule has 0 saturated carbocycles. The Morgan fingerprint density at radius 1 is 1.48 bits per heavy atom. The van der Waals surface area contributed by atoms with Crippen LogP contribution in [0.2, 0.25) is 0 Å². The summed E-state index contributed by atoms with van der Waals surface area (Å²) in [7, 11) is 0. The molecule has 3 atom stereocenters. The van der Waals surface area contributed by atoms with Gasteiger partial charge in [0.05, 0.1) is 18.1 Å². The first-order valence-corrected chi connectivity index (χ1v) is 8.65. The van der Waals surface area contributed by atoms with Crippen molar-refractivity contribution in [3.63, 3.8) is 0 Å². The fourth-order valence-corrected chi connectivity index (χ4v) is 3.93. The lowest BCUT2D eigenvalue weighted by atomic mass is 9.99. The topological polar surface area (TPSA) is 40.5 Å². The Bertz CT molecular complexity index is 506. The molecule has 0 aliphatic carbocycles. The highest BCUT2D eigenvalue weighted by Crippen LogP contribution is 2.29. The predicted octanol–water partition coefficient (Wildman–Crippen LogP) is 2.87. The van der Waals surface area contributed by atoms with E-state index >= 15 is 0 Å². The molecular weight excluding hydrogens is 302 g/mol. The van der Waals surface area contributed by atoms with Crippen molar-refractivity contribution >= 4 is 34.2 Å². The highest BCUT2D eigenvalue weighted by atomic mass is 32.2. The third-order valence-corrected chi connectivity index (χ3v) is 5.44. The lowest BCUT2D eigenvalue weighted by Crippen LogP contribution is -2.45. The van der Waals surface area contributed by atoms with Crippen molar-refractivity contribution in [1.29, 1.82) is 0 Å². The Labute approximate surface area is 135 Å². The molecule has 1 aromatic rings. The van der Waals surface area contributed by atoms with Crippen molar-refractivity contribution in [3.8, 4) is 0 Å². The molecule has 1 aliphatic rings. The first-order chi connectivity index (χ1) is 10.0. The van der Waals surface area contributed by atoms with Crippen molar-refractivity contribution < 1.29 is 9.90 Å². The molecule has 1 fully saturated rings. The minimum Gasteiger partial charge on any atom is -0.392 e. The molecule has 0 spiro atoms. The molecule has 2 rings (SSSR count). The molecule has 2 unspecified atom stereocenters. The summed E-state index contributed by atoms with van der Waals surface area (Å²) >= 11 is 6.89. The van der Waals surface area contributed by atoms with Gasteiger partial charge in [-0.05, 0) is 18.4 Å². The van der Waals surface area contributed by atoms with E-state index in [-0.39, 0.29) is 11.9 Å². The number of nitrogens with zero attached hydrogens (tertiary/aromatic N) is 1. The van der Waals surface area contributed by atoms with Gasteiger partial charge in [-0.25, -0.2) is 0 Å². The average molecular weight is 323 g/mol. The third-order valence-electron chi connectivity index (χ3n) is 3.90. The number of aliphatic hydroxyl groups is 1. The number of hydrogen-bond acceptors (Lipinski definition) is 4. The number of carbonyl (C=O) groups is 1. The lowest BCUT2D eigenvalue weighted by molar-refractivity contribution is -0.135. The van der Waals surface area contributed by atoms with Crippen LogP contribution in [-0.4, -0.2) is 38.1 Å². The molecule has 1 aromatic carbocycles. The molecule has 3 nitrogen and oxygen atoms in total. The average Bonchev–Trinajstić information content (AvgIpc) is 2.86. The standard InChI is InChI=1S/C16H21NO2S2/c1-3-14(18)11(2)15(19)17-13(10-21-16(17)20)9-12-7-5-4-6-8-12/h4-8,11,13-14,18H,3,9-10H2,1-2H3/t11?,13-,14?/m0/s1. The van der Waals surface area contributed by atoms with Gasteiger partial charge in [0.25, 0.3) is 0 Å². The molecule has 21 heavy (non-hydrogen) atoms. The minimum atomic E-state index is -0.608. The lowest BCUT2D eigenvalue weighted by Gasteiger charge is -2.28. The number of amides is 1. The highest BCUT2D eigenvalue weighted by Gasteiger charge is 2.37. The van der Waals surface area contributed by atoms with Crippen LogP contribution in [0.3, 0.4) is 0 Å². The van der Waals surface area contributed by atoms with Crippen LogP contribution >= 0.6 is 24.0 Å². The summed E-state index contributed by atoms with van der Waals surface area (Å²) in [5.74, 6) is 0.360. The number of thioether (sulfide) groups is 1. The van der Waals surface area contributed by atoms with Crippen LogP contribution in [0.5, 0.6) is 0 Å². The van der Waals surface area contributed by atoms with E-state index in [0.717, 1.165) is 12.2 Å². The third kappa shape index (κ3) is 3.84. The zero-order valence-corrected chi connectivity index (χ0v) is 14.0. The normalized spacial score (nSPS) is 21.4. The molecule has 1 heterocycles. The quantitative estimate of drug-likeness (QED) is 0.846. The van der Waals surface area contributed by atoms with Gasteiger partial charge in [0, 0.05) is 5.75 Å². The van der Waals surface area contributed by atoms with Gasteiger partial charge in [0.1, 0.15) is 4.32 Å². The largest absolute Gasteiger partial charge is 0.392 e. The van der Waals surface area contributed by atoms with Crippen LogP contribution in [0.1, 0.15) is 25.8 Å². The zero-order chi connectivity index (χ0) is 15.4. The predicted molar refractivity (Wildman–Crippen MR) is 91.3 cm³/mol. The van der Waals surface area contributed by atoms with Crippen molar-refractivity contribution in [2.75, 3.05) is 5.75 Å². The summed E-state index contributed by atoms with van der Waals surface area (Å²) < 4.78 is 0.635. The van der Waals surface area contributed by atoms with Crippen LogP contribution in [0.25, 0.3) is 0 Å². The second-order valence-electron chi connectivity index (χ2n) is 5.39. The molecule has 1 aliphatic heterocycles. The Hall–Kier alpha value is -0.910. The smallest absolute Gasteiger partial charge is 0.233 e. The number of thiocarbonyl (C=S) groups is 1. The van der Waals surface area contributed by atoms with Gasteiger partial charge >= 0.3 is 0 Å². The first kappa shape index (κ1) is 16.5. The molecule has 0 aromatic heterocycles. The van der Waals surface area contributed by atoms with Crippen molar-refractivity contribution in [2.45, 2.75) is 38.8 Å². The molecule has 1 N–H and O–H groups in total. The monoisotopic (exact) mass is 323 g/mol. The van der Waals surface area contributed by atoms with Crippen molar-refractivity contribution in [2.24, 2.45) is 5.92 Å². The number of carbonyl (C=O) groups excluding carboxylic acids is 1. The highest BCUT2D eigenvalue weighted by molar-refractivity contribution is 8.23. The maximum absolute atomic E-state index is 12.6. The molecule has 1 saturated heterocycles. The fourth-order valence-electron chi connectivity index (χ4n) is 2.50. The van der Waals surface area contributed by atoms with Gasteiger partial charge in [0.2, 0.25) is 5.91 Å². The fraction of sp³-hybridized carbons (Fsp3) is 0.500. The first-order valence-electron chi connectivity index (χ1n) is 7.26. The second kappa shape index (κ2) is 7.38. The maximum atomic E-state index is 12.6. The van der Waals surface area contributed by atoms with Crippen LogP contribution in [0.4, 0.5) is 0 Å². The van der Waals surface area contributed by atoms with Crippen molar-refractivity contribution in [3.05, 3.63) is 35.9 Å². The van der Waals surface area contributed by atoms with Crippen LogP contribution < -0.4 is 0 Å². The number of benzene rings is 1.